The van der Waals surface area contributed by atoms with E-state index < -0.39 is 18.1 Å². The molecule has 0 saturated carbocycles. The first-order valence-corrected chi connectivity index (χ1v) is 9.56. The third-order valence-electron chi connectivity index (χ3n) is 5.47. The molecule has 2 heterocycles. The number of aryl methyl sites for hydroxylation is 1. The van der Waals surface area contributed by atoms with Crippen LogP contribution in [0.2, 0.25) is 0 Å². The number of carbonyl (C=O) groups is 3. The summed E-state index contributed by atoms with van der Waals surface area (Å²) in [5, 5.41) is 5.78. The van der Waals surface area contributed by atoms with Gasteiger partial charge in [-0.25, -0.2) is 4.79 Å². The van der Waals surface area contributed by atoms with Crippen LogP contribution >= 0.6 is 0 Å². The number of hydrogen-bond acceptors (Lipinski definition) is 3. The van der Waals surface area contributed by atoms with Crippen molar-refractivity contribution < 1.29 is 14.4 Å². The first kappa shape index (κ1) is 18.2. The van der Waals surface area contributed by atoms with E-state index in [2.05, 4.69) is 10.6 Å². The molecule has 6 heteroatoms. The topological polar surface area (TPSA) is 78.5 Å². The van der Waals surface area contributed by atoms with Crippen LogP contribution in [0.3, 0.4) is 0 Å². The summed E-state index contributed by atoms with van der Waals surface area (Å²) in [5.74, 6) is -0.291. The molecule has 2 aliphatic rings. The van der Waals surface area contributed by atoms with Crippen molar-refractivity contribution in [2.45, 2.75) is 44.3 Å². The van der Waals surface area contributed by atoms with Gasteiger partial charge in [-0.2, -0.15) is 0 Å². The minimum atomic E-state index is -0.579. The molecule has 2 aromatic rings. The molecule has 2 N–H and O–H groups in total. The van der Waals surface area contributed by atoms with Crippen LogP contribution in [0.15, 0.2) is 54.6 Å². The molecular weight excluding hydrogens is 354 g/mol. The number of piperidine rings is 1. The standard InChI is InChI=1S/C22H23N3O3/c1-14-7-9-15(10-8-14)13-17-21(27)25(22(28)23-17)18-11-12-19(26)24-20(18)16-5-3-2-4-6-16/h2-10,17-18,20H,11-13H2,1H3,(H,23,28)(H,24,26)/t17-,18+,20-/m0/s1. The van der Waals surface area contributed by atoms with Gasteiger partial charge in [0.25, 0.3) is 5.91 Å². The Labute approximate surface area is 163 Å². The van der Waals surface area contributed by atoms with Gasteiger partial charge in [0.05, 0.1) is 12.1 Å². The van der Waals surface area contributed by atoms with Gasteiger partial charge in [-0.05, 0) is 24.5 Å². The van der Waals surface area contributed by atoms with Crippen LogP contribution in [0.1, 0.15) is 35.6 Å². The molecule has 4 rings (SSSR count). The summed E-state index contributed by atoms with van der Waals surface area (Å²) in [6, 6.07) is 15.7. The van der Waals surface area contributed by atoms with Gasteiger partial charge in [0.1, 0.15) is 6.04 Å². The summed E-state index contributed by atoms with van der Waals surface area (Å²) < 4.78 is 0. The number of urea groups is 1. The molecule has 2 fully saturated rings. The predicted octanol–water partition coefficient (Wildman–Crippen LogP) is 2.48. The quantitative estimate of drug-likeness (QED) is 0.804. The molecule has 0 bridgehead atoms. The van der Waals surface area contributed by atoms with Crippen molar-refractivity contribution in [1.29, 1.82) is 0 Å². The number of amides is 4. The lowest BCUT2D eigenvalue weighted by molar-refractivity contribution is -0.133. The Morgan fingerprint density at radius 1 is 0.964 bits per heavy atom. The number of carbonyl (C=O) groups excluding carboxylic acids is 3. The number of nitrogens with zero attached hydrogens (tertiary/aromatic N) is 1. The van der Waals surface area contributed by atoms with Gasteiger partial charge in [0.2, 0.25) is 5.91 Å². The summed E-state index contributed by atoms with van der Waals surface area (Å²) in [6.45, 7) is 2.01. The van der Waals surface area contributed by atoms with E-state index in [-0.39, 0.29) is 17.8 Å². The van der Waals surface area contributed by atoms with Crippen molar-refractivity contribution >= 4 is 17.8 Å². The third kappa shape index (κ3) is 3.50. The Kier molecular flexibility index (Phi) is 4.86. The van der Waals surface area contributed by atoms with Crippen molar-refractivity contribution in [3.8, 4) is 0 Å². The van der Waals surface area contributed by atoms with Crippen LogP contribution in [-0.2, 0) is 16.0 Å². The monoisotopic (exact) mass is 377 g/mol. The van der Waals surface area contributed by atoms with Crippen LogP contribution < -0.4 is 10.6 Å². The zero-order chi connectivity index (χ0) is 19.7. The fourth-order valence-corrected chi connectivity index (χ4v) is 3.99. The predicted molar refractivity (Wildman–Crippen MR) is 104 cm³/mol. The zero-order valence-corrected chi connectivity index (χ0v) is 15.7. The number of nitrogens with one attached hydrogen (secondary N) is 2. The fourth-order valence-electron chi connectivity index (χ4n) is 3.99. The highest BCUT2D eigenvalue weighted by Crippen LogP contribution is 2.30. The molecule has 144 valence electrons. The van der Waals surface area contributed by atoms with Gasteiger partial charge in [-0.1, -0.05) is 60.2 Å². The molecule has 0 spiro atoms. The van der Waals surface area contributed by atoms with Gasteiger partial charge < -0.3 is 10.6 Å². The molecule has 6 nitrogen and oxygen atoms in total. The average molecular weight is 377 g/mol. The van der Waals surface area contributed by atoms with Gasteiger partial charge >= 0.3 is 6.03 Å². The number of hydrogen-bond donors (Lipinski definition) is 2. The lowest BCUT2D eigenvalue weighted by atomic mass is 9.90. The normalized spacial score (nSPS) is 24.8. The lowest BCUT2D eigenvalue weighted by Crippen LogP contribution is -2.52. The summed E-state index contributed by atoms with van der Waals surface area (Å²) in [5.41, 5.74) is 3.04. The minimum absolute atomic E-state index is 0.0617. The van der Waals surface area contributed by atoms with E-state index in [1.165, 1.54) is 4.90 Å². The summed E-state index contributed by atoms with van der Waals surface area (Å²) >= 11 is 0. The molecule has 2 saturated heterocycles. The highest BCUT2D eigenvalue weighted by Gasteiger charge is 2.46. The smallest absolute Gasteiger partial charge is 0.325 e. The van der Waals surface area contributed by atoms with E-state index in [1.807, 2.05) is 61.5 Å². The third-order valence-corrected chi connectivity index (χ3v) is 5.47. The second-order valence-corrected chi connectivity index (χ2v) is 7.46. The maximum Gasteiger partial charge on any atom is 0.325 e. The minimum Gasteiger partial charge on any atom is -0.347 e. The van der Waals surface area contributed by atoms with Crippen LogP contribution in [0.4, 0.5) is 4.79 Å². The van der Waals surface area contributed by atoms with Gasteiger partial charge in [-0.15, -0.1) is 0 Å². The fraction of sp³-hybridized carbons (Fsp3) is 0.318. The Hall–Kier alpha value is -3.15. The molecule has 2 aromatic carbocycles. The van der Waals surface area contributed by atoms with Crippen molar-refractivity contribution in [3.05, 3.63) is 71.3 Å². The van der Waals surface area contributed by atoms with Crippen molar-refractivity contribution in [2.75, 3.05) is 0 Å². The largest absolute Gasteiger partial charge is 0.347 e. The van der Waals surface area contributed by atoms with E-state index in [1.54, 1.807) is 0 Å². The van der Waals surface area contributed by atoms with E-state index in [0.29, 0.717) is 19.3 Å². The molecule has 2 aliphatic heterocycles. The van der Waals surface area contributed by atoms with Gasteiger partial charge in [0.15, 0.2) is 0 Å². The molecule has 0 aliphatic carbocycles. The number of imide groups is 1. The Balaban J connectivity index is 1.56. The number of benzene rings is 2. The molecule has 3 atom stereocenters. The SMILES string of the molecule is Cc1ccc(C[C@@H]2NC(=O)N([C@@H]3CCC(=O)N[C@H]3c3ccccc3)C2=O)cc1. The highest BCUT2D eigenvalue weighted by molar-refractivity contribution is 6.05. The molecule has 4 amide bonds. The second-order valence-electron chi connectivity index (χ2n) is 7.46. The average Bonchev–Trinajstić information content (AvgIpc) is 2.97. The van der Waals surface area contributed by atoms with Crippen LogP contribution in [0.25, 0.3) is 0 Å². The van der Waals surface area contributed by atoms with Crippen molar-refractivity contribution in [3.63, 3.8) is 0 Å². The summed E-state index contributed by atoms with van der Waals surface area (Å²) in [7, 11) is 0. The van der Waals surface area contributed by atoms with E-state index in [4.69, 9.17) is 0 Å². The maximum atomic E-state index is 13.1. The summed E-state index contributed by atoms with van der Waals surface area (Å²) in [4.78, 5) is 39.1. The molecule has 0 radical (unpaired) electrons. The summed E-state index contributed by atoms with van der Waals surface area (Å²) in [6.07, 6.45) is 1.21. The van der Waals surface area contributed by atoms with Crippen molar-refractivity contribution in [1.82, 2.24) is 15.5 Å². The zero-order valence-electron chi connectivity index (χ0n) is 15.7. The van der Waals surface area contributed by atoms with Crippen LogP contribution in [-0.4, -0.2) is 34.8 Å². The van der Waals surface area contributed by atoms with Crippen LogP contribution in [0.5, 0.6) is 0 Å². The Morgan fingerprint density at radius 2 is 1.68 bits per heavy atom. The van der Waals surface area contributed by atoms with Gasteiger partial charge in [0, 0.05) is 12.8 Å². The maximum absolute atomic E-state index is 13.1. The molecular formula is C22H23N3O3. The first-order chi connectivity index (χ1) is 13.5. The Morgan fingerprint density at radius 3 is 2.39 bits per heavy atom. The van der Waals surface area contributed by atoms with E-state index in [0.717, 1.165) is 16.7 Å². The van der Waals surface area contributed by atoms with Gasteiger partial charge in [-0.3, -0.25) is 14.5 Å². The van der Waals surface area contributed by atoms with Crippen LogP contribution in [0, 0.1) is 6.92 Å². The highest BCUT2D eigenvalue weighted by atomic mass is 16.2. The second kappa shape index (κ2) is 7.46. The lowest BCUT2D eigenvalue weighted by Gasteiger charge is -2.36. The number of rotatable bonds is 4. The van der Waals surface area contributed by atoms with Crippen molar-refractivity contribution in [2.24, 2.45) is 0 Å². The first-order valence-electron chi connectivity index (χ1n) is 9.56. The Bertz CT molecular complexity index is 895. The molecule has 0 aromatic heterocycles. The van der Waals surface area contributed by atoms with E-state index >= 15 is 0 Å². The molecule has 28 heavy (non-hydrogen) atoms. The molecule has 0 unspecified atom stereocenters. The van der Waals surface area contributed by atoms with E-state index in [9.17, 15) is 14.4 Å².